The van der Waals surface area contributed by atoms with Crippen LogP contribution in [0, 0.1) is 17.7 Å². The van der Waals surface area contributed by atoms with Gasteiger partial charge in [-0.1, -0.05) is 6.07 Å². The second-order valence-electron chi connectivity index (χ2n) is 4.87. The van der Waals surface area contributed by atoms with Gasteiger partial charge in [-0.3, -0.25) is 9.59 Å². The van der Waals surface area contributed by atoms with Crippen LogP contribution in [0.15, 0.2) is 18.2 Å². The second-order valence-corrected chi connectivity index (χ2v) is 4.87. The molecule has 1 amide bonds. The van der Waals surface area contributed by atoms with E-state index in [1.165, 1.54) is 19.2 Å². The Morgan fingerprint density at radius 1 is 1.45 bits per heavy atom. The molecule has 0 spiro atoms. The van der Waals surface area contributed by atoms with Gasteiger partial charge in [0, 0.05) is 0 Å². The van der Waals surface area contributed by atoms with Crippen molar-refractivity contribution in [3.63, 3.8) is 0 Å². The van der Waals surface area contributed by atoms with E-state index in [4.69, 9.17) is 9.84 Å². The Bertz CT molecular complexity index is 546. The van der Waals surface area contributed by atoms with Crippen LogP contribution in [-0.4, -0.2) is 24.1 Å². The molecule has 1 aromatic carbocycles. The molecule has 0 radical (unpaired) electrons. The van der Waals surface area contributed by atoms with E-state index in [1.54, 1.807) is 13.0 Å². The predicted molar refractivity (Wildman–Crippen MR) is 68.7 cm³/mol. The van der Waals surface area contributed by atoms with Gasteiger partial charge in [0.15, 0.2) is 0 Å². The van der Waals surface area contributed by atoms with Crippen LogP contribution in [-0.2, 0) is 9.59 Å². The molecular weight excluding hydrogens is 265 g/mol. The molecule has 5 nitrogen and oxygen atoms in total. The molecule has 3 atom stereocenters. The first kappa shape index (κ1) is 14.3. The van der Waals surface area contributed by atoms with Crippen molar-refractivity contribution in [2.75, 3.05) is 7.11 Å². The zero-order valence-corrected chi connectivity index (χ0v) is 11.2. The first-order valence-corrected chi connectivity index (χ1v) is 6.31. The van der Waals surface area contributed by atoms with Crippen LogP contribution in [0.1, 0.15) is 24.9 Å². The minimum absolute atomic E-state index is 0.260. The van der Waals surface area contributed by atoms with E-state index in [9.17, 15) is 14.0 Å². The average molecular weight is 281 g/mol. The number of benzene rings is 1. The lowest BCUT2D eigenvalue weighted by molar-refractivity contribution is -0.140. The number of amides is 1. The molecule has 2 rings (SSSR count). The van der Waals surface area contributed by atoms with Crippen molar-refractivity contribution in [1.29, 1.82) is 0 Å². The summed E-state index contributed by atoms with van der Waals surface area (Å²) in [5.74, 6) is -2.60. The molecule has 0 unspecified atom stereocenters. The molecule has 1 aliphatic carbocycles. The van der Waals surface area contributed by atoms with Gasteiger partial charge in [-0.25, -0.2) is 4.39 Å². The maximum absolute atomic E-state index is 13.8. The maximum atomic E-state index is 13.8. The summed E-state index contributed by atoms with van der Waals surface area (Å²) in [5.41, 5.74) is 0.260. The number of carbonyl (C=O) groups is 2. The normalized spacial score (nSPS) is 21.9. The lowest BCUT2D eigenvalue weighted by Gasteiger charge is -2.18. The molecule has 2 N–H and O–H groups in total. The number of carboxylic acids is 1. The van der Waals surface area contributed by atoms with Gasteiger partial charge in [-0.2, -0.15) is 0 Å². The number of methoxy groups -OCH3 is 1. The molecule has 6 heteroatoms. The highest BCUT2D eigenvalue weighted by Crippen LogP contribution is 2.39. The van der Waals surface area contributed by atoms with Gasteiger partial charge in [-0.15, -0.1) is 0 Å². The molecule has 0 bridgehead atoms. The summed E-state index contributed by atoms with van der Waals surface area (Å²) in [4.78, 5) is 22.6. The largest absolute Gasteiger partial charge is 0.496 e. The Morgan fingerprint density at radius 3 is 2.70 bits per heavy atom. The number of halogens is 1. The van der Waals surface area contributed by atoms with Crippen molar-refractivity contribution in [2.24, 2.45) is 11.8 Å². The second kappa shape index (κ2) is 5.48. The third kappa shape index (κ3) is 2.74. The van der Waals surface area contributed by atoms with E-state index in [2.05, 4.69) is 5.32 Å². The predicted octanol–water partition coefficient (Wildman–Crippen LogP) is 1.73. The van der Waals surface area contributed by atoms with E-state index >= 15 is 0 Å². The summed E-state index contributed by atoms with van der Waals surface area (Å²) in [6.45, 7) is 1.64. The van der Waals surface area contributed by atoms with E-state index in [0.717, 1.165) is 0 Å². The molecule has 0 heterocycles. The molecule has 1 fully saturated rings. The van der Waals surface area contributed by atoms with Gasteiger partial charge < -0.3 is 15.2 Å². The highest BCUT2D eigenvalue weighted by Gasteiger charge is 2.48. The van der Waals surface area contributed by atoms with Crippen molar-refractivity contribution >= 4 is 11.9 Å². The highest BCUT2D eigenvalue weighted by molar-refractivity contribution is 5.89. The third-order valence-electron chi connectivity index (χ3n) is 3.47. The third-order valence-corrected chi connectivity index (χ3v) is 3.47. The standard InChI is InChI=1S/C14H16FNO4/c1-7(12-10(15)4-3-5-11(12)20-2)16-13(17)8-6-9(8)14(18)19/h3-5,7-9H,6H2,1-2H3,(H,16,17)(H,18,19)/t7-,8-,9-/m0/s1. The highest BCUT2D eigenvalue weighted by atomic mass is 19.1. The molecule has 20 heavy (non-hydrogen) atoms. The number of hydrogen-bond donors (Lipinski definition) is 2. The number of ether oxygens (including phenoxy) is 1. The smallest absolute Gasteiger partial charge is 0.307 e. The molecule has 1 saturated carbocycles. The number of carbonyl (C=O) groups excluding carboxylic acids is 1. The molecule has 0 saturated heterocycles. The zero-order chi connectivity index (χ0) is 14.9. The van der Waals surface area contributed by atoms with Crippen LogP contribution >= 0.6 is 0 Å². The summed E-state index contributed by atoms with van der Waals surface area (Å²) in [6, 6.07) is 3.83. The van der Waals surface area contributed by atoms with Gasteiger partial charge in [0.05, 0.1) is 30.6 Å². The molecular formula is C14H16FNO4. The van der Waals surface area contributed by atoms with Crippen molar-refractivity contribution in [2.45, 2.75) is 19.4 Å². The molecule has 1 aromatic rings. The van der Waals surface area contributed by atoms with Crippen LogP contribution in [0.4, 0.5) is 4.39 Å². The lowest BCUT2D eigenvalue weighted by Crippen LogP contribution is -2.30. The van der Waals surface area contributed by atoms with Crippen LogP contribution in [0.25, 0.3) is 0 Å². The molecule has 1 aliphatic rings. The number of rotatable bonds is 5. The SMILES string of the molecule is COc1cccc(F)c1[C@H](C)NC(=O)[C@H]1C[C@@H]1C(=O)O. The minimum atomic E-state index is -0.971. The van der Waals surface area contributed by atoms with Gasteiger partial charge in [0.2, 0.25) is 5.91 Å². The van der Waals surface area contributed by atoms with Crippen LogP contribution in [0.5, 0.6) is 5.75 Å². The quantitative estimate of drug-likeness (QED) is 0.862. The fourth-order valence-corrected chi connectivity index (χ4v) is 2.27. The van der Waals surface area contributed by atoms with Crippen molar-refractivity contribution < 1.29 is 23.8 Å². The Kier molecular flexibility index (Phi) is 3.92. The maximum Gasteiger partial charge on any atom is 0.307 e. The lowest BCUT2D eigenvalue weighted by atomic mass is 10.1. The van der Waals surface area contributed by atoms with Gasteiger partial charge in [-0.05, 0) is 25.5 Å². The van der Waals surface area contributed by atoms with Crippen molar-refractivity contribution in [3.05, 3.63) is 29.6 Å². The monoisotopic (exact) mass is 281 g/mol. The first-order chi connectivity index (χ1) is 9.45. The Hall–Kier alpha value is -2.11. The van der Waals surface area contributed by atoms with Crippen LogP contribution < -0.4 is 10.1 Å². The summed E-state index contributed by atoms with van der Waals surface area (Å²) in [6.07, 6.45) is 0.336. The van der Waals surface area contributed by atoms with E-state index in [1.807, 2.05) is 0 Å². The fraction of sp³-hybridized carbons (Fsp3) is 0.429. The molecule has 108 valence electrons. The summed E-state index contributed by atoms with van der Waals surface area (Å²) < 4.78 is 18.9. The van der Waals surface area contributed by atoms with Crippen LogP contribution in [0.3, 0.4) is 0 Å². The van der Waals surface area contributed by atoms with E-state index < -0.39 is 29.7 Å². The van der Waals surface area contributed by atoms with Gasteiger partial charge in [0.1, 0.15) is 11.6 Å². The van der Waals surface area contributed by atoms with E-state index in [0.29, 0.717) is 12.2 Å². The Balaban J connectivity index is 2.08. The number of carboxylic acid groups (broad SMARTS) is 1. The minimum Gasteiger partial charge on any atom is -0.496 e. The Labute approximate surface area is 115 Å². The van der Waals surface area contributed by atoms with Crippen molar-refractivity contribution in [3.8, 4) is 5.75 Å². The first-order valence-electron chi connectivity index (χ1n) is 6.31. The fourth-order valence-electron chi connectivity index (χ4n) is 2.27. The summed E-state index contributed by atoms with van der Waals surface area (Å²) >= 11 is 0. The topological polar surface area (TPSA) is 75.6 Å². The average Bonchev–Trinajstić information content (AvgIpc) is 3.18. The zero-order valence-electron chi connectivity index (χ0n) is 11.2. The molecule has 0 aliphatic heterocycles. The number of hydrogen-bond acceptors (Lipinski definition) is 3. The summed E-state index contributed by atoms with van der Waals surface area (Å²) in [5, 5.41) is 11.4. The van der Waals surface area contributed by atoms with Crippen LogP contribution in [0.2, 0.25) is 0 Å². The van der Waals surface area contributed by atoms with Gasteiger partial charge >= 0.3 is 5.97 Å². The number of nitrogens with one attached hydrogen (secondary N) is 1. The van der Waals surface area contributed by atoms with E-state index in [-0.39, 0.29) is 11.5 Å². The summed E-state index contributed by atoms with van der Waals surface area (Å²) in [7, 11) is 1.42. The Morgan fingerprint density at radius 2 is 2.15 bits per heavy atom. The van der Waals surface area contributed by atoms with Crippen molar-refractivity contribution in [1.82, 2.24) is 5.32 Å². The number of aliphatic carboxylic acids is 1. The van der Waals surface area contributed by atoms with Gasteiger partial charge in [0.25, 0.3) is 0 Å². The molecule has 0 aromatic heterocycles.